The molecule has 3 atom stereocenters. The lowest BCUT2D eigenvalue weighted by molar-refractivity contribution is -0.149. The first-order valence-electron chi connectivity index (χ1n) is 13.6. The minimum atomic E-state index is -1.12. The third kappa shape index (κ3) is 7.25. The lowest BCUT2D eigenvalue weighted by Gasteiger charge is -2.34. The van der Waals surface area contributed by atoms with Crippen molar-refractivity contribution < 1.29 is 42.5 Å². The van der Waals surface area contributed by atoms with Crippen LogP contribution >= 0.6 is 0 Å². The van der Waals surface area contributed by atoms with Gasteiger partial charge in [-0.15, -0.1) is 0 Å². The number of nitrogens with zero attached hydrogens (tertiary/aromatic N) is 2. The van der Waals surface area contributed by atoms with Gasteiger partial charge in [-0.05, 0) is 57.4 Å². The summed E-state index contributed by atoms with van der Waals surface area (Å²) < 4.78 is 43.9. The maximum absolute atomic E-state index is 13.8. The van der Waals surface area contributed by atoms with Gasteiger partial charge in [-0.1, -0.05) is 12.1 Å². The number of rotatable bonds is 7. The third-order valence-corrected chi connectivity index (χ3v) is 7.33. The van der Waals surface area contributed by atoms with Gasteiger partial charge in [0.05, 0.1) is 25.6 Å². The molecule has 2 aliphatic heterocycles. The predicted molar refractivity (Wildman–Crippen MR) is 146 cm³/mol. The van der Waals surface area contributed by atoms with E-state index in [1.165, 1.54) is 12.0 Å². The number of hydrogen-bond donors (Lipinski definition) is 1. The van der Waals surface area contributed by atoms with Crippen LogP contribution in [0.2, 0.25) is 0 Å². The number of aliphatic carboxylic acids is 1. The molecule has 0 aromatic heterocycles. The van der Waals surface area contributed by atoms with Crippen molar-refractivity contribution in [2.24, 2.45) is 17.8 Å². The van der Waals surface area contributed by atoms with E-state index in [0.29, 0.717) is 36.6 Å². The minimum absolute atomic E-state index is 0.00251. The molecule has 1 N–H and O–H groups in total. The Bertz CT molecular complexity index is 1280. The number of carboxylic acid groups (broad SMARTS) is 1. The minimum Gasteiger partial charge on any atom is -0.496 e. The van der Waals surface area contributed by atoms with Gasteiger partial charge in [-0.3, -0.25) is 9.59 Å². The van der Waals surface area contributed by atoms with Crippen LogP contribution in [0.4, 0.5) is 13.6 Å². The summed E-state index contributed by atoms with van der Waals surface area (Å²) in [5, 5.41) is 9.76. The number of carboxylic acids is 1. The Labute approximate surface area is 238 Å². The van der Waals surface area contributed by atoms with Gasteiger partial charge in [0.2, 0.25) is 5.91 Å². The Morgan fingerprint density at radius 3 is 2.27 bits per heavy atom. The van der Waals surface area contributed by atoms with Gasteiger partial charge < -0.3 is 29.1 Å². The summed E-state index contributed by atoms with van der Waals surface area (Å²) in [6.07, 6.45) is 0.956. The molecule has 0 bridgehead atoms. The molecule has 2 aromatic carbocycles. The molecule has 2 amide bonds. The van der Waals surface area contributed by atoms with E-state index in [1.807, 2.05) is 0 Å². The molecular formula is C30H36F2N2O7. The Kier molecular flexibility index (Phi) is 9.04. The lowest BCUT2D eigenvalue weighted by atomic mass is 9.92. The monoisotopic (exact) mass is 574 g/mol. The van der Waals surface area contributed by atoms with Crippen LogP contribution in [-0.4, -0.2) is 78.4 Å². The fraction of sp³-hybridized carbons (Fsp3) is 0.500. The van der Waals surface area contributed by atoms with Crippen LogP contribution in [0.1, 0.15) is 33.6 Å². The smallest absolute Gasteiger partial charge is 0.410 e. The fourth-order valence-electron chi connectivity index (χ4n) is 5.28. The highest BCUT2D eigenvalue weighted by molar-refractivity contribution is 5.87. The summed E-state index contributed by atoms with van der Waals surface area (Å²) in [5.41, 5.74) is 0.313. The third-order valence-electron chi connectivity index (χ3n) is 7.33. The molecule has 3 unspecified atom stereocenters. The Balaban J connectivity index is 1.36. The van der Waals surface area contributed by atoms with Crippen LogP contribution in [0.15, 0.2) is 36.4 Å². The van der Waals surface area contributed by atoms with Gasteiger partial charge in [0.25, 0.3) is 0 Å². The van der Waals surface area contributed by atoms with E-state index in [-0.39, 0.29) is 30.7 Å². The number of halogens is 2. The summed E-state index contributed by atoms with van der Waals surface area (Å²) in [5.74, 6) is -4.38. The predicted octanol–water partition coefficient (Wildman–Crippen LogP) is 4.83. The van der Waals surface area contributed by atoms with Gasteiger partial charge in [0.15, 0.2) is 11.6 Å². The number of ether oxygens (including phenoxy) is 3. The molecule has 2 fully saturated rings. The van der Waals surface area contributed by atoms with Crippen molar-refractivity contribution in [3.05, 3.63) is 48.0 Å². The maximum atomic E-state index is 13.8. The number of amides is 2. The summed E-state index contributed by atoms with van der Waals surface area (Å²) in [6, 6.07) is 8.99. The van der Waals surface area contributed by atoms with Crippen LogP contribution in [-0.2, 0) is 14.3 Å². The molecular weight excluding hydrogens is 538 g/mol. The van der Waals surface area contributed by atoms with Crippen molar-refractivity contribution in [3.63, 3.8) is 0 Å². The van der Waals surface area contributed by atoms with Gasteiger partial charge in [0.1, 0.15) is 17.1 Å². The summed E-state index contributed by atoms with van der Waals surface area (Å²) in [6.45, 7) is 6.37. The van der Waals surface area contributed by atoms with Crippen molar-refractivity contribution in [1.29, 1.82) is 0 Å². The molecule has 4 rings (SSSR count). The van der Waals surface area contributed by atoms with Crippen molar-refractivity contribution in [1.82, 2.24) is 9.80 Å². The highest BCUT2D eigenvalue weighted by Crippen LogP contribution is 2.33. The zero-order valence-corrected chi connectivity index (χ0v) is 23.7. The van der Waals surface area contributed by atoms with Crippen molar-refractivity contribution in [3.8, 4) is 22.6 Å². The molecule has 2 saturated heterocycles. The maximum Gasteiger partial charge on any atom is 0.410 e. The molecule has 11 heteroatoms. The summed E-state index contributed by atoms with van der Waals surface area (Å²) in [7, 11) is 1.39. The number of likely N-dealkylation sites (tertiary alicyclic amines) is 2. The summed E-state index contributed by atoms with van der Waals surface area (Å²) >= 11 is 0. The molecule has 222 valence electrons. The van der Waals surface area contributed by atoms with Crippen molar-refractivity contribution in [2.45, 2.75) is 39.2 Å². The molecule has 2 aliphatic rings. The first-order valence-corrected chi connectivity index (χ1v) is 13.6. The zero-order valence-electron chi connectivity index (χ0n) is 23.7. The van der Waals surface area contributed by atoms with Crippen LogP contribution in [0.25, 0.3) is 11.1 Å². The second-order valence-corrected chi connectivity index (χ2v) is 11.5. The molecule has 9 nitrogen and oxygen atoms in total. The zero-order chi connectivity index (χ0) is 29.9. The average Bonchev–Trinajstić information content (AvgIpc) is 3.39. The number of carbonyl (C=O) groups excluding carboxylic acids is 2. The van der Waals surface area contributed by atoms with Crippen molar-refractivity contribution in [2.75, 3.05) is 39.9 Å². The van der Waals surface area contributed by atoms with Gasteiger partial charge in [-0.2, -0.15) is 0 Å². The Morgan fingerprint density at radius 2 is 1.63 bits per heavy atom. The van der Waals surface area contributed by atoms with E-state index in [2.05, 4.69) is 0 Å². The second-order valence-electron chi connectivity index (χ2n) is 11.5. The first-order chi connectivity index (χ1) is 19.4. The first kappa shape index (κ1) is 30.1. The topological polar surface area (TPSA) is 106 Å². The summed E-state index contributed by atoms with van der Waals surface area (Å²) in [4.78, 5) is 40.9. The number of benzene rings is 2. The Hall–Kier alpha value is -3.89. The molecule has 0 saturated carbocycles. The Morgan fingerprint density at radius 1 is 0.976 bits per heavy atom. The molecule has 2 aromatic rings. The van der Waals surface area contributed by atoms with E-state index in [1.54, 1.807) is 49.9 Å². The SMILES string of the molecule is COc1cc(F)c(F)cc1-c1ccc(OCC2CCCN(C(=O)C3CN(C(=O)OC(C)(C)C)CC3C(=O)O)C2)cc1. The molecule has 2 heterocycles. The van der Waals surface area contributed by atoms with Gasteiger partial charge >= 0.3 is 12.1 Å². The average molecular weight is 575 g/mol. The quantitative estimate of drug-likeness (QED) is 0.505. The van der Waals surface area contributed by atoms with E-state index in [0.717, 1.165) is 25.0 Å². The van der Waals surface area contributed by atoms with E-state index in [9.17, 15) is 28.3 Å². The second kappa shape index (κ2) is 12.3. The van der Waals surface area contributed by atoms with E-state index in [4.69, 9.17) is 14.2 Å². The van der Waals surface area contributed by atoms with Crippen molar-refractivity contribution >= 4 is 18.0 Å². The largest absolute Gasteiger partial charge is 0.496 e. The standard InChI is InChI=1S/C30H36F2N2O7/c1-30(2,3)41-29(38)34-15-22(23(16-34)28(36)37)27(35)33-11-5-6-18(14-33)17-40-20-9-7-19(8-10-20)21-12-24(31)25(32)13-26(21)39-4/h7-10,12-13,18,22-23H,5-6,11,14-17H2,1-4H3,(H,36,37). The van der Waals surface area contributed by atoms with E-state index < -0.39 is 41.1 Å². The molecule has 0 spiro atoms. The van der Waals surface area contributed by atoms with E-state index >= 15 is 0 Å². The van der Waals surface area contributed by atoms with Crippen LogP contribution in [0.3, 0.4) is 0 Å². The number of piperidine rings is 1. The van der Waals surface area contributed by atoms with Crippen LogP contribution in [0, 0.1) is 29.4 Å². The highest BCUT2D eigenvalue weighted by Gasteiger charge is 2.46. The number of hydrogen-bond acceptors (Lipinski definition) is 6. The van der Waals surface area contributed by atoms with Gasteiger partial charge in [-0.25, -0.2) is 13.6 Å². The van der Waals surface area contributed by atoms with Gasteiger partial charge in [0, 0.05) is 43.7 Å². The molecule has 41 heavy (non-hydrogen) atoms. The molecule has 0 radical (unpaired) electrons. The highest BCUT2D eigenvalue weighted by atomic mass is 19.2. The normalized spacial score (nSPS) is 21.0. The number of methoxy groups -OCH3 is 1. The fourth-order valence-corrected chi connectivity index (χ4v) is 5.28. The lowest BCUT2D eigenvalue weighted by Crippen LogP contribution is -2.46. The molecule has 0 aliphatic carbocycles. The van der Waals surface area contributed by atoms with Crippen LogP contribution in [0.5, 0.6) is 11.5 Å². The number of carbonyl (C=O) groups is 3. The van der Waals surface area contributed by atoms with Crippen LogP contribution < -0.4 is 9.47 Å².